The van der Waals surface area contributed by atoms with Crippen molar-refractivity contribution in [2.45, 2.75) is 16.2 Å². The zero-order valence-electron chi connectivity index (χ0n) is 15.3. The highest BCUT2D eigenvalue weighted by molar-refractivity contribution is 7.99. The predicted molar refractivity (Wildman–Crippen MR) is 108 cm³/mol. The van der Waals surface area contributed by atoms with Gasteiger partial charge in [0, 0.05) is 24.2 Å². The fourth-order valence-corrected chi connectivity index (χ4v) is 4.84. The average molecular weight is 405 g/mol. The smallest absolute Gasteiger partial charge is 0.261 e. The number of hydrogen-bond acceptors (Lipinski definition) is 5. The molecule has 1 aromatic heterocycles. The number of fused-ring (bicyclic) bond motifs is 3. The van der Waals surface area contributed by atoms with Crippen LogP contribution in [0.5, 0.6) is 0 Å². The van der Waals surface area contributed by atoms with Crippen LogP contribution < -0.4 is 4.90 Å². The molecule has 3 heterocycles. The lowest BCUT2D eigenvalue weighted by atomic mass is 10.1. The van der Waals surface area contributed by atoms with Gasteiger partial charge in [0.1, 0.15) is 11.6 Å². The van der Waals surface area contributed by atoms with E-state index >= 15 is 0 Å². The maximum atomic E-state index is 13.7. The number of imide groups is 1. The van der Waals surface area contributed by atoms with Gasteiger partial charge in [-0.1, -0.05) is 23.9 Å². The van der Waals surface area contributed by atoms with Gasteiger partial charge in [-0.05, 0) is 48.9 Å². The van der Waals surface area contributed by atoms with E-state index in [0.717, 1.165) is 21.3 Å². The minimum absolute atomic E-state index is 0.249. The number of nitrogens with zero attached hydrogens (tertiary/aromatic N) is 3. The Bertz CT molecular complexity index is 1120. The molecule has 0 N–H and O–H groups in total. The van der Waals surface area contributed by atoms with Crippen molar-refractivity contribution in [2.75, 3.05) is 18.0 Å². The van der Waals surface area contributed by atoms with Gasteiger partial charge >= 0.3 is 0 Å². The topological polar surface area (TPSA) is 53.5 Å². The van der Waals surface area contributed by atoms with Gasteiger partial charge in [0.25, 0.3) is 11.8 Å². The minimum Gasteiger partial charge on any atom is -0.324 e. The Morgan fingerprint density at radius 3 is 2.34 bits per heavy atom. The molecule has 144 valence electrons. The summed E-state index contributed by atoms with van der Waals surface area (Å²) in [5.41, 5.74) is 1.80. The van der Waals surface area contributed by atoms with Crippen molar-refractivity contribution in [2.24, 2.45) is 0 Å². The number of hydrogen-bond donors (Lipinski definition) is 0. The van der Waals surface area contributed by atoms with E-state index in [2.05, 4.69) is 4.98 Å². The Morgan fingerprint density at radius 2 is 1.59 bits per heavy atom. The van der Waals surface area contributed by atoms with Gasteiger partial charge in [-0.3, -0.25) is 14.5 Å². The van der Waals surface area contributed by atoms with Crippen molar-refractivity contribution in [3.63, 3.8) is 0 Å². The van der Waals surface area contributed by atoms with E-state index < -0.39 is 0 Å². The zero-order valence-corrected chi connectivity index (χ0v) is 16.2. The Balaban J connectivity index is 1.37. The number of carbonyl (C=O) groups excluding carboxylic acids is 2. The Labute approximate surface area is 171 Å². The lowest BCUT2D eigenvalue weighted by Gasteiger charge is -2.31. The van der Waals surface area contributed by atoms with E-state index in [1.807, 2.05) is 17.0 Å². The maximum Gasteiger partial charge on any atom is 0.261 e. The summed E-state index contributed by atoms with van der Waals surface area (Å²) in [7, 11) is 0. The molecule has 0 saturated carbocycles. The SMILES string of the molecule is O=C1c2ccccc2C(=O)N1CCCN1c2ccc(F)cc2Sc2cccnc21. The molecule has 2 aliphatic rings. The summed E-state index contributed by atoms with van der Waals surface area (Å²) in [5, 5.41) is 0. The van der Waals surface area contributed by atoms with Crippen molar-refractivity contribution in [3.05, 3.63) is 77.7 Å². The van der Waals surface area contributed by atoms with Crippen LogP contribution in [-0.2, 0) is 0 Å². The summed E-state index contributed by atoms with van der Waals surface area (Å²) in [6.45, 7) is 0.866. The fourth-order valence-electron chi connectivity index (χ4n) is 3.75. The number of benzene rings is 2. The van der Waals surface area contributed by atoms with Gasteiger partial charge < -0.3 is 4.90 Å². The number of aromatic nitrogens is 1. The molecule has 0 aliphatic carbocycles. The molecule has 0 unspecified atom stereocenters. The number of carbonyl (C=O) groups is 2. The molecule has 2 aliphatic heterocycles. The molecule has 0 spiro atoms. The van der Waals surface area contributed by atoms with Gasteiger partial charge in [-0.2, -0.15) is 0 Å². The third-order valence-corrected chi connectivity index (χ3v) is 6.17. The largest absolute Gasteiger partial charge is 0.324 e. The first-order valence-corrected chi connectivity index (χ1v) is 10.1. The second kappa shape index (κ2) is 7.00. The predicted octanol–water partition coefficient (Wildman–Crippen LogP) is 4.51. The third kappa shape index (κ3) is 2.98. The molecule has 2 amide bonds. The van der Waals surface area contributed by atoms with Gasteiger partial charge in [0.15, 0.2) is 0 Å². The molecule has 0 fully saturated rings. The number of amides is 2. The van der Waals surface area contributed by atoms with Crippen LogP contribution in [0.25, 0.3) is 0 Å². The summed E-state index contributed by atoms with van der Waals surface area (Å²) in [4.78, 5) is 34.7. The summed E-state index contributed by atoms with van der Waals surface area (Å²) in [6.07, 6.45) is 2.30. The van der Waals surface area contributed by atoms with Crippen LogP contribution in [0.1, 0.15) is 27.1 Å². The number of anilines is 2. The van der Waals surface area contributed by atoms with E-state index in [1.54, 1.807) is 36.5 Å². The summed E-state index contributed by atoms with van der Waals surface area (Å²) >= 11 is 1.49. The molecule has 2 aromatic carbocycles. The van der Waals surface area contributed by atoms with E-state index in [1.165, 1.54) is 28.8 Å². The van der Waals surface area contributed by atoms with Crippen molar-refractivity contribution >= 4 is 35.1 Å². The molecule has 0 saturated heterocycles. The van der Waals surface area contributed by atoms with Crippen molar-refractivity contribution in [1.82, 2.24) is 9.88 Å². The average Bonchev–Trinajstić information content (AvgIpc) is 2.98. The van der Waals surface area contributed by atoms with Crippen molar-refractivity contribution < 1.29 is 14.0 Å². The van der Waals surface area contributed by atoms with Crippen LogP contribution >= 0.6 is 11.8 Å². The van der Waals surface area contributed by atoms with E-state index in [-0.39, 0.29) is 17.6 Å². The monoisotopic (exact) mass is 405 g/mol. The summed E-state index contributed by atoms with van der Waals surface area (Å²) in [5.74, 6) is 0.0233. The van der Waals surface area contributed by atoms with Crippen molar-refractivity contribution in [1.29, 1.82) is 0 Å². The molecule has 5 nitrogen and oxygen atoms in total. The molecule has 0 bridgehead atoms. The number of pyridine rings is 1. The second-order valence-corrected chi connectivity index (χ2v) is 7.94. The zero-order chi connectivity index (χ0) is 20.0. The standard InChI is InChI=1S/C22H16FN3O2S/c23-14-8-9-17-19(13-14)29-18-7-3-10-24-20(18)25(17)11-4-12-26-21(27)15-5-1-2-6-16(15)22(26)28/h1-3,5-10,13H,4,11-12H2. The van der Waals surface area contributed by atoms with E-state index in [4.69, 9.17) is 0 Å². The van der Waals surface area contributed by atoms with Gasteiger partial charge in [0.2, 0.25) is 0 Å². The number of rotatable bonds is 4. The van der Waals surface area contributed by atoms with E-state index in [0.29, 0.717) is 30.6 Å². The van der Waals surface area contributed by atoms with Crippen LogP contribution in [0.4, 0.5) is 15.9 Å². The third-order valence-electron chi connectivity index (χ3n) is 5.08. The first-order chi connectivity index (χ1) is 14.1. The molecule has 3 aromatic rings. The highest BCUT2D eigenvalue weighted by Crippen LogP contribution is 2.47. The first-order valence-electron chi connectivity index (χ1n) is 9.28. The normalized spacial score (nSPS) is 14.7. The maximum absolute atomic E-state index is 13.7. The highest BCUT2D eigenvalue weighted by atomic mass is 32.2. The van der Waals surface area contributed by atoms with Crippen LogP contribution in [0.3, 0.4) is 0 Å². The van der Waals surface area contributed by atoms with Crippen LogP contribution in [0.15, 0.2) is 70.6 Å². The molecule has 29 heavy (non-hydrogen) atoms. The lowest BCUT2D eigenvalue weighted by molar-refractivity contribution is 0.0653. The Morgan fingerprint density at radius 1 is 0.862 bits per heavy atom. The second-order valence-electron chi connectivity index (χ2n) is 6.85. The lowest BCUT2D eigenvalue weighted by Crippen LogP contribution is -2.33. The van der Waals surface area contributed by atoms with Crippen molar-refractivity contribution in [3.8, 4) is 0 Å². The van der Waals surface area contributed by atoms with Gasteiger partial charge in [-0.25, -0.2) is 9.37 Å². The van der Waals surface area contributed by atoms with E-state index in [9.17, 15) is 14.0 Å². The molecular formula is C22H16FN3O2S. The van der Waals surface area contributed by atoms with Gasteiger partial charge in [-0.15, -0.1) is 0 Å². The minimum atomic E-state index is -0.283. The fraction of sp³-hybridized carbons (Fsp3) is 0.136. The Kier molecular flexibility index (Phi) is 4.32. The van der Waals surface area contributed by atoms with Crippen LogP contribution in [-0.4, -0.2) is 34.8 Å². The Hall–Kier alpha value is -3.19. The molecule has 0 atom stereocenters. The first kappa shape index (κ1) is 17.9. The molecular weight excluding hydrogens is 389 g/mol. The molecule has 7 heteroatoms. The quantitative estimate of drug-likeness (QED) is 0.598. The molecule has 0 radical (unpaired) electrons. The van der Waals surface area contributed by atoms with Crippen LogP contribution in [0, 0.1) is 5.82 Å². The van der Waals surface area contributed by atoms with Gasteiger partial charge in [0.05, 0.1) is 21.7 Å². The number of halogens is 1. The summed E-state index contributed by atoms with van der Waals surface area (Å²) in [6, 6.07) is 15.4. The van der Waals surface area contributed by atoms with Crippen LogP contribution in [0.2, 0.25) is 0 Å². The molecule has 5 rings (SSSR count). The summed E-state index contributed by atoms with van der Waals surface area (Å²) < 4.78 is 13.7. The highest BCUT2D eigenvalue weighted by Gasteiger charge is 2.35.